The fourth-order valence-electron chi connectivity index (χ4n) is 1.18. The number of rotatable bonds is 3. The first kappa shape index (κ1) is 11.7. The molecule has 2 nitrogen and oxygen atoms in total. The fraction of sp³-hybridized carbons (Fsp3) is 0.500. The molecule has 0 spiro atoms. The second-order valence-electron chi connectivity index (χ2n) is 3.26. The zero-order valence-corrected chi connectivity index (χ0v) is 11.0. The van der Waals surface area contributed by atoms with Crippen molar-refractivity contribution in [3.8, 4) is 0 Å². The van der Waals surface area contributed by atoms with Crippen molar-refractivity contribution < 1.29 is 4.79 Å². The van der Waals surface area contributed by atoms with Crippen LogP contribution in [0.5, 0.6) is 0 Å². The van der Waals surface area contributed by atoms with E-state index in [0.717, 1.165) is 0 Å². The highest BCUT2D eigenvalue weighted by molar-refractivity contribution is 9.09. The summed E-state index contributed by atoms with van der Waals surface area (Å²) in [5, 5.41) is 0.387. The minimum Gasteiger partial charge on any atom is -0.337 e. The zero-order chi connectivity index (χ0) is 10.7. The summed E-state index contributed by atoms with van der Waals surface area (Å²) in [6, 6.07) is 4.34. The van der Waals surface area contributed by atoms with E-state index in [1.165, 1.54) is 9.75 Å². The van der Waals surface area contributed by atoms with E-state index in [4.69, 9.17) is 0 Å². The van der Waals surface area contributed by atoms with Crippen molar-refractivity contribution >= 4 is 33.2 Å². The highest BCUT2D eigenvalue weighted by Gasteiger charge is 2.17. The molecule has 0 saturated carbocycles. The molecule has 1 atom stereocenters. The monoisotopic (exact) mass is 275 g/mol. The summed E-state index contributed by atoms with van der Waals surface area (Å²) in [5.74, 6) is 0.114. The standard InChI is InChI=1S/C10H14BrNOS/c1-7-4-5-9(14-7)8(2)12(3)10(13)6-11/h4-5,8H,6H2,1-3H3. The van der Waals surface area contributed by atoms with E-state index in [1.54, 1.807) is 16.2 Å². The van der Waals surface area contributed by atoms with Gasteiger partial charge in [0.1, 0.15) is 0 Å². The maximum Gasteiger partial charge on any atom is 0.233 e. The molecule has 0 aliphatic carbocycles. The van der Waals surface area contributed by atoms with Crippen molar-refractivity contribution in [3.05, 3.63) is 21.9 Å². The molecule has 0 saturated heterocycles. The number of carbonyl (C=O) groups excluding carboxylic acids is 1. The van der Waals surface area contributed by atoms with Crippen LogP contribution in [0.1, 0.15) is 22.7 Å². The highest BCUT2D eigenvalue weighted by atomic mass is 79.9. The van der Waals surface area contributed by atoms with Crippen molar-refractivity contribution in [1.29, 1.82) is 0 Å². The van der Waals surface area contributed by atoms with E-state index < -0.39 is 0 Å². The molecule has 0 aliphatic heterocycles. The molecule has 1 rings (SSSR count). The van der Waals surface area contributed by atoms with Crippen molar-refractivity contribution in [3.63, 3.8) is 0 Å². The number of nitrogens with zero attached hydrogens (tertiary/aromatic N) is 1. The van der Waals surface area contributed by atoms with Gasteiger partial charge in [-0.1, -0.05) is 15.9 Å². The van der Waals surface area contributed by atoms with Gasteiger partial charge in [0.25, 0.3) is 0 Å². The van der Waals surface area contributed by atoms with E-state index >= 15 is 0 Å². The largest absolute Gasteiger partial charge is 0.337 e. The third-order valence-electron chi connectivity index (χ3n) is 2.26. The second-order valence-corrected chi connectivity index (χ2v) is 5.14. The molecule has 1 amide bonds. The van der Waals surface area contributed by atoms with E-state index in [2.05, 4.69) is 35.0 Å². The Morgan fingerprint density at radius 3 is 2.71 bits per heavy atom. The fourth-order valence-corrected chi connectivity index (χ4v) is 2.55. The van der Waals surface area contributed by atoms with Gasteiger partial charge < -0.3 is 4.90 Å². The smallest absolute Gasteiger partial charge is 0.233 e. The van der Waals surface area contributed by atoms with Crippen LogP contribution in [0.4, 0.5) is 0 Å². The lowest BCUT2D eigenvalue weighted by molar-refractivity contribution is -0.128. The molecular weight excluding hydrogens is 262 g/mol. The molecule has 1 aromatic heterocycles. The minimum absolute atomic E-state index is 0.114. The van der Waals surface area contributed by atoms with Crippen molar-refractivity contribution in [2.24, 2.45) is 0 Å². The van der Waals surface area contributed by atoms with Crippen LogP contribution < -0.4 is 0 Å². The Morgan fingerprint density at radius 1 is 1.64 bits per heavy atom. The molecule has 1 unspecified atom stereocenters. The van der Waals surface area contributed by atoms with Crippen LogP contribution in [0.15, 0.2) is 12.1 Å². The van der Waals surface area contributed by atoms with Crippen molar-refractivity contribution in [2.75, 3.05) is 12.4 Å². The van der Waals surface area contributed by atoms with Gasteiger partial charge in [0.05, 0.1) is 11.4 Å². The van der Waals surface area contributed by atoms with Gasteiger partial charge >= 0.3 is 0 Å². The maximum atomic E-state index is 11.4. The average Bonchev–Trinajstić information content (AvgIpc) is 2.61. The summed E-state index contributed by atoms with van der Waals surface area (Å²) >= 11 is 4.92. The average molecular weight is 276 g/mol. The Bertz CT molecular complexity index is 324. The van der Waals surface area contributed by atoms with Crippen LogP contribution in [0.2, 0.25) is 0 Å². The lowest BCUT2D eigenvalue weighted by Gasteiger charge is -2.23. The summed E-state index contributed by atoms with van der Waals surface area (Å²) in [4.78, 5) is 15.7. The Morgan fingerprint density at radius 2 is 2.29 bits per heavy atom. The maximum absolute atomic E-state index is 11.4. The second kappa shape index (κ2) is 4.94. The summed E-state index contributed by atoms with van der Waals surface area (Å²) in [6.45, 7) is 4.12. The molecular formula is C10H14BrNOS. The number of hydrogen-bond donors (Lipinski definition) is 0. The number of halogens is 1. The predicted molar refractivity (Wildman–Crippen MR) is 64.0 cm³/mol. The highest BCUT2D eigenvalue weighted by Crippen LogP contribution is 2.26. The summed E-state index contributed by atoms with van der Waals surface area (Å²) in [6.07, 6.45) is 0. The molecule has 0 radical (unpaired) electrons. The van der Waals surface area contributed by atoms with E-state index in [-0.39, 0.29) is 11.9 Å². The van der Waals surface area contributed by atoms with E-state index in [9.17, 15) is 4.79 Å². The topological polar surface area (TPSA) is 20.3 Å². The van der Waals surface area contributed by atoms with Gasteiger partial charge in [0.15, 0.2) is 0 Å². The Labute approximate surface area is 97.1 Å². The molecule has 0 aliphatic rings. The third-order valence-corrected chi connectivity index (χ3v) is 3.91. The number of carbonyl (C=O) groups is 1. The van der Waals surface area contributed by atoms with Gasteiger partial charge in [0, 0.05) is 16.8 Å². The Hall–Kier alpha value is -0.350. The SMILES string of the molecule is Cc1ccc(C(C)N(C)C(=O)CBr)s1. The minimum atomic E-state index is 0.114. The quantitative estimate of drug-likeness (QED) is 0.777. The number of hydrogen-bond acceptors (Lipinski definition) is 2. The molecule has 1 heterocycles. The summed E-state index contributed by atoms with van der Waals surface area (Å²) in [7, 11) is 1.84. The van der Waals surface area contributed by atoms with Gasteiger partial charge in [-0.2, -0.15) is 0 Å². The first-order valence-electron chi connectivity index (χ1n) is 4.44. The molecule has 0 fully saturated rings. The van der Waals surface area contributed by atoms with Crippen molar-refractivity contribution in [2.45, 2.75) is 19.9 Å². The molecule has 1 aromatic rings. The normalized spacial score (nSPS) is 12.6. The number of alkyl halides is 1. The van der Waals surface area contributed by atoms with Crippen LogP contribution in [-0.4, -0.2) is 23.2 Å². The number of thiophene rings is 1. The molecule has 78 valence electrons. The summed E-state index contributed by atoms with van der Waals surface area (Å²) < 4.78 is 0. The lowest BCUT2D eigenvalue weighted by Crippen LogP contribution is -2.29. The van der Waals surface area contributed by atoms with Crippen LogP contribution in [0.3, 0.4) is 0 Å². The third kappa shape index (κ3) is 2.58. The van der Waals surface area contributed by atoms with Gasteiger partial charge in [-0.15, -0.1) is 11.3 Å². The van der Waals surface area contributed by atoms with Gasteiger partial charge in [-0.05, 0) is 26.0 Å². The first-order valence-corrected chi connectivity index (χ1v) is 6.38. The Kier molecular flexibility index (Phi) is 4.13. The van der Waals surface area contributed by atoms with Crippen LogP contribution >= 0.6 is 27.3 Å². The number of amides is 1. The van der Waals surface area contributed by atoms with E-state index in [0.29, 0.717) is 5.33 Å². The zero-order valence-electron chi connectivity index (χ0n) is 8.58. The van der Waals surface area contributed by atoms with Crippen LogP contribution in [0.25, 0.3) is 0 Å². The molecule has 0 N–H and O–H groups in total. The van der Waals surface area contributed by atoms with Crippen LogP contribution in [0, 0.1) is 6.92 Å². The summed E-state index contributed by atoms with van der Waals surface area (Å²) in [5.41, 5.74) is 0. The first-order chi connectivity index (χ1) is 6.56. The van der Waals surface area contributed by atoms with Gasteiger partial charge in [0.2, 0.25) is 5.91 Å². The van der Waals surface area contributed by atoms with E-state index in [1.807, 2.05) is 14.0 Å². The number of aryl methyl sites for hydroxylation is 1. The Balaban J connectivity index is 2.74. The van der Waals surface area contributed by atoms with Gasteiger partial charge in [-0.3, -0.25) is 4.79 Å². The van der Waals surface area contributed by atoms with Crippen LogP contribution in [-0.2, 0) is 4.79 Å². The molecule has 0 aromatic carbocycles. The molecule has 0 bridgehead atoms. The molecule has 14 heavy (non-hydrogen) atoms. The predicted octanol–water partition coefficient (Wildman–Crippen LogP) is 2.97. The van der Waals surface area contributed by atoms with Gasteiger partial charge in [-0.25, -0.2) is 0 Å². The lowest BCUT2D eigenvalue weighted by atomic mass is 10.2. The molecule has 4 heteroatoms. The van der Waals surface area contributed by atoms with Crippen molar-refractivity contribution in [1.82, 2.24) is 4.90 Å².